The molecule has 0 unspecified atom stereocenters. The number of anilines is 2. The number of benzene rings is 2. The minimum Gasteiger partial charge on any atom is -0.493 e. The number of ether oxygens (including phenoxy) is 2. The van der Waals surface area contributed by atoms with Crippen LogP contribution in [0.3, 0.4) is 0 Å². The molecule has 0 radical (unpaired) electrons. The number of nitrogens with one attached hydrogen (secondary N) is 1. The molecule has 0 bridgehead atoms. The van der Waals surface area contributed by atoms with Crippen molar-refractivity contribution in [2.75, 3.05) is 19.0 Å². The van der Waals surface area contributed by atoms with Crippen LogP contribution in [0.1, 0.15) is 31.7 Å². The Bertz CT molecular complexity index is 980. The zero-order valence-corrected chi connectivity index (χ0v) is 16.1. The standard InChI is InChI=1S/C20H21F3N4O2/c1-3-4-5-9-29-18-12-16-15(11-17(18)28-2)19(26-27-25-16)24-14-8-6-7-13(10-14)20(21,22)23/h6-8,10-12H,3-5,9H2,1-2H3,(H,24,25,26). The van der Waals surface area contributed by atoms with Crippen molar-refractivity contribution >= 4 is 22.4 Å². The second kappa shape index (κ2) is 8.93. The summed E-state index contributed by atoms with van der Waals surface area (Å²) in [7, 11) is 1.52. The molecule has 3 aromatic rings. The minimum absolute atomic E-state index is 0.237. The van der Waals surface area contributed by atoms with Gasteiger partial charge in [-0.25, -0.2) is 0 Å². The lowest BCUT2D eigenvalue weighted by atomic mass is 10.1. The molecule has 0 amide bonds. The number of methoxy groups -OCH3 is 1. The number of unbranched alkanes of at least 4 members (excludes halogenated alkanes) is 2. The van der Waals surface area contributed by atoms with Gasteiger partial charge < -0.3 is 14.8 Å². The third kappa shape index (κ3) is 5.04. The van der Waals surface area contributed by atoms with Gasteiger partial charge in [-0.2, -0.15) is 13.2 Å². The quantitative estimate of drug-likeness (QED) is 0.508. The third-order valence-electron chi connectivity index (χ3n) is 4.29. The van der Waals surface area contributed by atoms with Crippen molar-refractivity contribution in [1.29, 1.82) is 0 Å². The van der Waals surface area contributed by atoms with E-state index in [0.29, 0.717) is 29.0 Å². The largest absolute Gasteiger partial charge is 0.493 e. The molecule has 29 heavy (non-hydrogen) atoms. The molecular formula is C20H21F3N4O2. The van der Waals surface area contributed by atoms with Gasteiger partial charge in [0.1, 0.15) is 5.52 Å². The highest BCUT2D eigenvalue weighted by atomic mass is 19.4. The van der Waals surface area contributed by atoms with Crippen LogP contribution in [0.5, 0.6) is 11.5 Å². The molecule has 6 nitrogen and oxygen atoms in total. The Morgan fingerprint density at radius 1 is 1.03 bits per heavy atom. The van der Waals surface area contributed by atoms with Crippen molar-refractivity contribution in [1.82, 2.24) is 15.4 Å². The maximum Gasteiger partial charge on any atom is 0.416 e. The van der Waals surface area contributed by atoms with Crippen LogP contribution in [-0.2, 0) is 6.18 Å². The van der Waals surface area contributed by atoms with Crippen molar-refractivity contribution in [3.05, 3.63) is 42.0 Å². The fraction of sp³-hybridized carbons (Fsp3) is 0.350. The van der Waals surface area contributed by atoms with Crippen LogP contribution in [0, 0.1) is 0 Å². The summed E-state index contributed by atoms with van der Waals surface area (Å²) in [5.41, 5.74) is -0.0320. The summed E-state index contributed by atoms with van der Waals surface area (Å²) in [6.45, 7) is 2.65. The number of fused-ring (bicyclic) bond motifs is 1. The lowest BCUT2D eigenvalue weighted by Crippen LogP contribution is -2.06. The van der Waals surface area contributed by atoms with E-state index in [1.807, 2.05) is 0 Å². The van der Waals surface area contributed by atoms with Crippen molar-refractivity contribution < 1.29 is 22.6 Å². The number of rotatable bonds is 8. The van der Waals surface area contributed by atoms with Crippen molar-refractivity contribution in [2.24, 2.45) is 0 Å². The topological polar surface area (TPSA) is 69.2 Å². The van der Waals surface area contributed by atoms with Crippen LogP contribution in [-0.4, -0.2) is 29.1 Å². The first kappa shape index (κ1) is 20.6. The van der Waals surface area contributed by atoms with Crippen LogP contribution in [0.15, 0.2) is 36.4 Å². The predicted octanol–water partition coefficient (Wildman–Crippen LogP) is 5.36. The molecule has 154 valence electrons. The molecule has 0 aliphatic carbocycles. The molecule has 0 aliphatic heterocycles. The Labute approximate surface area is 166 Å². The fourth-order valence-corrected chi connectivity index (χ4v) is 2.80. The van der Waals surface area contributed by atoms with Crippen LogP contribution in [0.25, 0.3) is 10.9 Å². The van der Waals surface area contributed by atoms with E-state index in [4.69, 9.17) is 9.47 Å². The maximum atomic E-state index is 13.0. The summed E-state index contributed by atoms with van der Waals surface area (Å²) in [6, 6.07) is 8.23. The smallest absolute Gasteiger partial charge is 0.416 e. The molecule has 2 aromatic carbocycles. The van der Waals surface area contributed by atoms with Gasteiger partial charge >= 0.3 is 6.18 Å². The molecule has 9 heteroatoms. The molecule has 0 aliphatic rings. The lowest BCUT2D eigenvalue weighted by Gasteiger charge is -2.14. The van der Waals surface area contributed by atoms with Gasteiger partial charge in [-0.15, -0.1) is 10.2 Å². The Morgan fingerprint density at radius 3 is 2.59 bits per heavy atom. The van der Waals surface area contributed by atoms with Gasteiger partial charge in [0.2, 0.25) is 0 Å². The zero-order chi connectivity index (χ0) is 20.9. The van der Waals surface area contributed by atoms with E-state index >= 15 is 0 Å². The molecule has 0 spiro atoms. The third-order valence-corrected chi connectivity index (χ3v) is 4.29. The molecular weight excluding hydrogens is 385 g/mol. The van der Waals surface area contributed by atoms with Gasteiger partial charge in [-0.3, -0.25) is 0 Å². The molecule has 0 fully saturated rings. The summed E-state index contributed by atoms with van der Waals surface area (Å²) >= 11 is 0. The average molecular weight is 406 g/mol. The van der Waals surface area contributed by atoms with E-state index in [1.165, 1.54) is 19.2 Å². The molecule has 0 saturated carbocycles. The first-order chi connectivity index (χ1) is 13.9. The summed E-state index contributed by atoms with van der Waals surface area (Å²) in [5, 5.41) is 15.1. The molecule has 0 atom stereocenters. The normalized spacial score (nSPS) is 11.5. The molecule has 1 N–H and O–H groups in total. The lowest BCUT2D eigenvalue weighted by molar-refractivity contribution is -0.137. The van der Waals surface area contributed by atoms with Crippen molar-refractivity contribution in [3.63, 3.8) is 0 Å². The first-order valence-corrected chi connectivity index (χ1v) is 9.20. The predicted molar refractivity (Wildman–Crippen MR) is 104 cm³/mol. The number of alkyl halides is 3. The van der Waals surface area contributed by atoms with E-state index in [-0.39, 0.29) is 11.5 Å². The highest BCUT2D eigenvalue weighted by Gasteiger charge is 2.30. The summed E-state index contributed by atoms with van der Waals surface area (Å²) in [4.78, 5) is 0. The SMILES string of the molecule is CCCCCOc1cc2nnnc(Nc3cccc(C(F)(F)F)c3)c2cc1OC. The average Bonchev–Trinajstić information content (AvgIpc) is 2.70. The maximum absolute atomic E-state index is 13.0. The molecule has 1 heterocycles. The number of aromatic nitrogens is 3. The second-order valence-corrected chi connectivity index (χ2v) is 6.42. The molecule has 3 rings (SSSR count). The highest BCUT2D eigenvalue weighted by Crippen LogP contribution is 2.35. The summed E-state index contributed by atoms with van der Waals surface area (Å²) < 4.78 is 50.1. The van der Waals surface area contributed by atoms with Gasteiger partial charge in [-0.05, 0) is 35.9 Å². The minimum atomic E-state index is -4.43. The van der Waals surface area contributed by atoms with Gasteiger partial charge in [0.05, 0.1) is 24.7 Å². The Morgan fingerprint density at radius 2 is 1.86 bits per heavy atom. The van der Waals surface area contributed by atoms with E-state index in [2.05, 4.69) is 27.7 Å². The summed E-state index contributed by atoms with van der Waals surface area (Å²) in [6.07, 6.45) is -1.37. The van der Waals surface area contributed by atoms with E-state index < -0.39 is 11.7 Å². The van der Waals surface area contributed by atoms with Crippen molar-refractivity contribution in [3.8, 4) is 11.5 Å². The highest BCUT2D eigenvalue weighted by molar-refractivity contribution is 5.92. The second-order valence-electron chi connectivity index (χ2n) is 6.42. The van der Waals surface area contributed by atoms with Gasteiger partial charge in [0, 0.05) is 11.8 Å². The Kier molecular flexibility index (Phi) is 6.36. The van der Waals surface area contributed by atoms with Crippen LogP contribution < -0.4 is 14.8 Å². The van der Waals surface area contributed by atoms with Gasteiger partial charge in [-0.1, -0.05) is 25.8 Å². The van der Waals surface area contributed by atoms with E-state index in [9.17, 15) is 13.2 Å². The van der Waals surface area contributed by atoms with Gasteiger partial charge in [0.25, 0.3) is 0 Å². The van der Waals surface area contributed by atoms with Gasteiger partial charge in [0.15, 0.2) is 17.3 Å². The molecule has 0 saturated heterocycles. The number of nitrogens with zero attached hydrogens (tertiary/aromatic N) is 3. The Hall–Kier alpha value is -3.10. The van der Waals surface area contributed by atoms with E-state index in [0.717, 1.165) is 31.4 Å². The zero-order valence-electron chi connectivity index (χ0n) is 16.1. The van der Waals surface area contributed by atoms with Crippen LogP contribution in [0.2, 0.25) is 0 Å². The summed E-state index contributed by atoms with van der Waals surface area (Å²) in [5.74, 6) is 1.28. The monoisotopic (exact) mass is 406 g/mol. The fourth-order valence-electron chi connectivity index (χ4n) is 2.80. The molecule has 1 aromatic heterocycles. The van der Waals surface area contributed by atoms with Crippen LogP contribution in [0.4, 0.5) is 24.7 Å². The first-order valence-electron chi connectivity index (χ1n) is 9.20. The number of hydrogen-bond acceptors (Lipinski definition) is 6. The van der Waals surface area contributed by atoms with Crippen LogP contribution >= 0.6 is 0 Å². The van der Waals surface area contributed by atoms with Crippen molar-refractivity contribution in [2.45, 2.75) is 32.4 Å². The van der Waals surface area contributed by atoms with E-state index in [1.54, 1.807) is 12.1 Å². The Balaban J connectivity index is 1.91. The number of hydrogen-bond donors (Lipinski definition) is 1. The number of halogens is 3.